The average Bonchev–Trinajstić information content (AvgIpc) is 2.44. The van der Waals surface area contributed by atoms with Gasteiger partial charge in [-0.25, -0.2) is 0 Å². The molecule has 0 heterocycles. The summed E-state index contributed by atoms with van der Waals surface area (Å²) in [5.41, 5.74) is 0.822. The number of hydrogen-bond acceptors (Lipinski definition) is 3. The number of thioether (sulfide) groups is 1. The first-order valence-corrected chi connectivity index (χ1v) is 7.11. The van der Waals surface area contributed by atoms with E-state index >= 15 is 0 Å². The molecule has 0 fully saturated rings. The summed E-state index contributed by atoms with van der Waals surface area (Å²) in [7, 11) is 0. The molecular weight excluding hydrogens is 244 g/mol. The number of fused-ring (bicyclic) bond motifs is 1. The van der Waals surface area contributed by atoms with Crippen LogP contribution in [-0.4, -0.2) is 16.5 Å². The fourth-order valence-corrected chi connectivity index (χ4v) is 2.59. The van der Waals surface area contributed by atoms with Crippen LogP contribution in [0.1, 0.15) is 18.6 Å². The monoisotopic (exact) mass is 260 g/mol. The third-order valence-corrected chi connectivity index (χ3v) is 3.96. The Labute approximate surface area is 111 Å². The summed E-state index contributed by atoms with van der Waals surface area (Å²) in [4.78, 5) is 11.7. The number of carbonyl (C=O) groups excluding carboxylic acids is 1. The van der Waals surface area contributed by atoms with Gasteiger partial charge in [0, 0.05) is 0 Å². The second-order valence-electron chi connectivity index (χ2n) is 4.33. The van der Waals surface area contributed by atoms with E-state index in [1.54, 1.807) is 13.2 Å². The second-order valence-corrected chi connectivity index (χ2v) is 5.14. The highest BCUT2D eigenvalue weighted by Gasteiger charge is 2.23. The van der Waals surface area contributed by atoms with Gasteiger partial charge in [0.05, 0.1) is 12.0 Å². The van der Waals surface area contributed by atoms with E-state index in [0.717, 1.165) is 28.1 Å². The van der Waals surface area contributed by atoms with Crippen LogP contribution >= 0.6 is 11.8 Å². The van der Waals surface area contributed by atoms with E-state index in [4.69, 9.17) is 0 Å². The van der Waals surface area contributed by atoms with E-state index in [9.17, 15) is 9.90 Å². The van der Waals surface area contributed by atoms with Crippen molar-refractivity contribution in [2.45, 2.75) is 13.0 Å². The number of benzene rings is 2. The quantitative estimate of drug-likeness (QED) is 0.919. The number of aliphatic hydroxyl groups excluding tert-OH is 1. The van der Waals surface area contributed by atoms with Crippen LogP contribution in [0.4, 0.5) is 0 Å². The fraction of sp³-hybridized carbons (Fsp3) is 0.267. The molecule has 2 nitrogen and oxygen atoms in total. The van der Waals surface area contributed by atoms with Gasteiger partial charge < -0.3 is 5.11 Å². The molecule has 0 bridgehead atoms. The molecule has 94 valence electrons. The smallest absolute Gasteiger partial charge is 0.194 e. The minimum Gasteiger partial charge on any atom is -0.388 e. The predicted octanol–water partition coefficient (Wildman–Crippen LogP) is 3.40. The molecule has 1 N–H and O–H groups in total. The summed E-state index contributed by atoms with van der Waals surface area (Å²) >= 11 is 1.16. The summed E-state index contributed by atoms with van der Waals surface area (Å²) < 4.78 is 0. The molecule has 0 aliphatic heterocycles. The summed E-state index contributed by atoms with van der Waals surface area (Å²) in [6.45, 7) is 1.77. The van der Waals surface area contributed by atoms with Gasteiger partial charge in [-0.15, -0.1) is 0 Å². The summed E-state index contributed by atoms with van der Waals surface area (Å²) in [6.07, 6.45) is 0.991. The van der Waals surface area contributed by atoms with Crippen molar-refractivity contribution >= 4 is 27.6 Å². The molecule has 2 aromatic carbocycles. The summed E-state index contributed by atoms with van der Waals surface area (Å²) in [5, 5.41) is 12.5. The van der Waals surface area contributed by atoms with E-state index in [-0.39, 0.29) is 5.12 Å². The Bertz CT molecular complexity index is 560. The zero-order chi connectivity index (χ0) is 13.1. The molecule has 0 amide bonds. The van der Waals surface area contributed by atoms with Crippen molar-refractivity contribution in [1.82, 2.24) is 0 Å². The van der Waals surface area contributed by atoms with Crippen LogP contribution in [0.25, 0.3) is 10.8 Å². The molecule has 0 aromatic heterocycles. The van der Waals surface area contributed by atoms with E-state index in [1.165, 1.54) is 0 Å². The van der Waals surface area contributed by atoms with E-state index in [1.807, 2.05) is 42.5 Å². The highest BCUT2D eigenvalue weighted by Crippen LogP contribution is 2.30. The topological polar surface area (TPSA) is 37.3 Å². The zero-order valence-electron chi connectivity index (χ0n) is 10.5. The molecule has 3 heteroatoms. The Hall–Kier alpha value is -1.32. The third kappa shape index (κ3) is 2.42. The SMILES string of the molecule is CSC(=O)[C@@H](C)[C@H](O)c1cccc2ccccc12. The maximum atomic E-state index is 11.7. The molecule has 0 saturated heterocycles. The Morgan fingerprint density at radius 1 is 1.17 bits per heavy atom. The lowest BCUT2D eigenvalue weighted by atomic mass is 9.94. The highest BCUT2D eigenvalue weighted by atomic mass is 32.2. The molecule has 0 radical (unpaired) electrons. The van der Waals surface area contributed by atoms with Gasteiger partial charge in [0.15, 0.2) is 5.12 Å². The molecule has 2 aromatic rings. The van der Waals surface area contributed by atoms with Gasteiger partial charge in [-0.3, -0.25) is 4.79 Å². The minimum absolute atomic E-state index is 0.00966. The van der Waals surface area contributed by atoms with Crippen molar-refractivity contribution in [3.05, 3.63) is 48.0 Å². The third-order valence-electron chi connectivity index (χ3n) is 3.19. The zero-order valence-corrected chi connectivity index (χ0v) is 11.3. The molecule has 0 saturated carbocycles. The number of aliphatic hydroxyl groups is 1. The van der Waals surface area contributed by atoms with Crippen molar-refractivity contribution in [3.8, 4) is 0 Å². The lowest BCUT2D eigenvalue weighted by Crippen LogP contribution is -2.16. The van der Waals surface area contributed by atoms with E-state index in [0.29, 0.717) is 0 Å². The normalized spacial score (nSPS) is 14.4. The molecule has 2 rings (SSSR count). The van der Waals surface area contributed by atoms with Gasteiger partial charge in [-0.2, -0.15) is 0 Å². The van der Waals surface area contributed by atoms with Crippen molar-refractivity contribution < 1.29 is 9.90 Å². The number of hydrogen-bond donors (Lipinski definition) is 1. The van der Waals surface area contributed by atoms with E-state index in [2.05, 4.69) is 0 Å². The number of carbonyl (C=O) groups is 1. The summed E-state index contributed by atoms with van der Waals surface area (Å²) in [5.74, 6) is -0.397. The minimum atomic E-state index is -0.754. The Balaban J connectivity index is 2.44. The second kappa shape index (κ2) is 5.55. The Morgan fingerprint density at radius 2 is 1.83 bits per heavy atom. The van der Waals surface area contributed by atoms with Crippen LogP contribution in [0.15, 0.2) is 42.5 Å². The first kappa shape index (κ1) is 13.1. The maximum absolute atomic E-state index is 11.7. The largest absolute Gasteiger partial charge is 0.388 e. The predicted molar refractivity (Wildman–Crippen MR) is 76.6 cm³/mol. The van der Waals surface area contributed by atoms with Crippen molar-refractivity contribution in [1.29, 1.82) is 0 Å². The molecule has 0 unspecified atom stereocenters. The van der Waals surface area contributed by atoms with Crippen molar-refractivity contribution in [2.24, 2.45) is 5.92 Å². The first-order valence-electron chi connectivity index (χ1n) is 5.88. The van der Waals surface area contributed by atoms with Crippen LogP contribution in [0.5, 0.6) is 0 Å². The fourth-order valence-electron chi connectivity index (χ4n) is 2.09. The van der Waals surface area contributed by atoms with Gasteiger partial charge in [-0.05, 0) is 22.6 Å². The lowest BCUT2D eigenvalue weighted by molar-refractivity contribution is -0.117. The molecule has 2 atom stereocenters. The molecule has 0 aliphatic carbocycles. The highest BCUT2D eigenvalue weighted by molar-refractivity contribution is 8.13. The van der Waals surface area contributed by atoms with Crippen molar-refractivity contribution in [2.75, 3.05) is 6.26 Å². The van der Waals surface area contributed by atoms with Crippen LogP contribution in [0.2, 0.25) is 0 Å². The van der Waals surface area contributed by atoms with Crippen LogP contribution in [0.3, 0.4) is 0 Å². The first-order chi connectivity index (χ1) is 8.65. The molecule has 0 aliphatic rings. The van der Waals surface area contributed by atoms with Crippen molar-refractivity contribution in [3.63, 3.8) is 0 Å². The van der Waals surface area contributed by atoms with Gasteiger partial charge >= 0.3 is 0 Å². The standard InChI is InChI=1S/C15H16O2S/c1-10(15(17)18-2)14(16)13-9-5-7-11-6-3-4-8-12(11)13/h3-10,14,16H,1-2H3/t10-,14-/m0/s1. The lowest BCUT2D eigenvalue weighted by Gasteiger charge is -2.18. The molecular formula is C15H16O2S. The van der Waals surface area contributed by atoms with Crippen LogP contribution in [0, 0.1) is 5.92 Å². The Kier molecular flexibility index (Phi) is 4.04. The van der Waals surface area contributed by atoms with Gasteiger partial charge in [0.1, 0.15) is 0 Å². The van der Waals surface area contributed by atoms with Crippen LogP contribution in [-0.2, 0) is 4.79 Å². The van der Waals surface area contributed by atoms with Gasteiger partial charge in [-0.1, -0.05) is 61.2 Å². The maximum Gasteiger partial charge on any atom is 0.194 e. The van der Waals surface area contributed by atoms with Gasteiger partial charge in [0.25, 0.3) is 0 Å². The Morgan fingerprint density at radius 3 is 2.56 bits per heavy atom. The average molecular weight is 260 g/mol. The molecule has 0 spiro atoms. The van der Waals surface area contributed by atoms with E-state index < -0.39 is 12.0 Å². The molecule has 18 heavy (non-hydrogen) atoms. The summed E-state index contributed by atoms with van der Waals surface area (Å²) in [6, 6.07) is 13.7. The van der Waals surface area contributed by atoms with Crippen LogP contribution < -0.4 is 0 Å². The van der Waals surface area contributed by atoms with Gasteiger partial charge in [0.2, 0.25) is 0 Å². The number of rotatable bonds is 3.